The van der Waals surface area contributed by atoms with Gasteiger partial charge in [0.05, 0.1) is 11.2 Å². The molecule has 0 radical (unpaired) electrons. The van der Waals surface area contributed by atoms with E-state index in [9.17, 15) is 4.79 Å². The molecule has 0 bridgehead atoms. The molecule has 0 spiro atoms. The third-order valence-corrected chi connectivity index (χ3v) is 2.05. The second-order valence-electron chi connectivity index (χ2n) is 4.63. The Balaban J connectivity index is 2.52. The summed E-state index contributed by atoms with van der Waals surface area (Å²) >= 11 is 0. The molecule has 4 heteroatoms. The van der Waals surface area contributed by atoms with E-state index in [0.29, 0.717) is 11.4 Å². The summed E-state index contributed by atoms with van der Waals surface area (Å²) < 4.78 is 5.79. The first-order chi connectivity index (χ1) is 7.49. The topological polar surface area (TPSA) is 55.0 Å². The number of aromatic nitrogens is 2. The highest BCUT2D eigenvalue weighted by Gasteiger charge is 2.15. The van der Waals surface area contributed by atoms with E-state index in [1.165, 1.54) is 0 Å². The van der Waals surface area contributed by atoms with E-state index in [2.05, 4.69) is 9.97 Å². The lowest BCUT2D eigenvalue weighted by Crippen LogP contribution is -2.23. The third kappa shape index (κ3) is 2.05. The Kier molecular flexibility index (Phi) is 2.42. The van der Waals surface area contributed by atoms with Gasteiger partial charge >= 0.3 is 0 Å². The number of aldehydes is 1. The molecule has 2 heterocycles. The number of aromatic amines is 1. The zero-order valence-corrected chi connectivity index (χ0v) is 9.57. The van der Waals surface area contributed by atoms with E-state index >= 15 is 0 Å². The van der Waals surface area contributed by atoms with Gasteiger partial charge in [-0.1, -0.05) is 0 Å². The number of hydrogen-bond acceptors (Lipinski definition) is 3. The van der Waals surface area contributed by atoms with Gasteiger partial charge in [0, 0.05) is 12.3 Å². The molecule has 0 saturated carbocycles. The Morgan fingerprint density at radius 2 is 2.19 bits per heavy atom. The molecule has 0 aliphatic carbocycles. The van der Waals surface area contributed by atoms with Gasteiger partial charge in [-0.25, -0.2) is 0 Å². The molecule has 0 atom stereocenters. The highest BCUT2D eigenvalue weighted by atomic mass is 16.5. The summed E-state index contributed by atoms with van der Waals surface area (Å²) in [7, 11) is 0. The molecule has 0 fully saturated rings. The van der Waals surface area contributed by atoms with Crippen LogP contribution in [-0.2, 0) is 0 Å². The number of carbonyl (C=O) groups excluding carboxylic acids is 1. The van der Waals surface area contributed by atoms with E-state index in [-0.39, 0.29) is 5.60 Å². The van der Waals surface area contributed by atoms with Crippen LogP contribution in [0.3, 0.4) is 0 Å². The van der Waals surface area contributed by atoms with Crippen molar-refractivity contribution in [1.29, 1.82) is 0 Å². The molecule has 0 aliphatic rings. The van der Waals surface area contributed by atoms with Crippen molar-refractivity contribution in [3.63, 3.8) is 0 Å². The summed E-state index contributed by atoms with van der Waals surface area (Å²) in [5.41, 5.74) is 1.73. The van der Waals surface area contributed by atoms with Crippen LogP contribution < -0.4 is 4.74 Å². The average Bonchev–Trinajstić information content (AvgIpc) is 2.59. The lowest BCUT2D eigenvalue weighted by molar-refractivity contribution is 0.112. The Morgan fingerprint density at radius 1 is 1.44 bits per heavy atom. The molecule has 2 aromatic heterocycles. The summed E-state index contributed by atoms with van der Waals surface area (Å²) in [5.74, 6) is 0.714. The predicted octanol–water partition coefficient (Wildman–Crippen LogP) is 2.55. The first-order valence-corrected chi connectivity index (χ1v) is 5.11. The Morgan fingerprint density at radius 3 is 2.81 bits per heavy atom. The van der Waals surface area contributed by atoms with E-state index in [1.54, 1.807) is 18.3 Å². The maximum Gasteiger partial charge on any atom is 0.166 e. The Hall–Kier alpha value is -1.84. The maximum atomic E-state index is 10.7. The van der Waals surface area contributed by atoms with Gasteiger partial charge in [0.1, 0.15) is 16.9 Å². The molecule has 4 nitrogen and oxygen atoms in total. The summed E-state index contributed by atoms with van der Waals surface area (Å²) in [6.45, 7) is 5.93. The first kappa shape index (κ1) is 10.7. The maximum absolute atomic E-state index is 10.7. The minimum atomic E-state index is -0.277. The molecule has 2 rings (SSSR count). The summed E-state index contributed by atoms with van der Waals surface area (Å²) in [5, 5.41) is 0. The Labute approximate surface area is 93.6 Å². The van der Waals surface area contributed by atoms with Gasteiger partial charge in [0.15, 0.2) is 6.29 Å². The van der Waals surface area contributed by atoms with Crippen molar-refractivity contribution in [3.8, 4) is 5.75 Å². The highest BCUT2D eigenvalue weighted by molar-refractivity contribution is 5.88. The largest absolute Gasteiger partial charge is 0.486 e. The van der Waals surface area contributed by atoms with Crippen molar-refractivity contribution in [2.24, 2.45) is 0 Å². The number of pyridine rings is 1. The summed E-state index contributed by atoms with van der Waals surface area (Å²) in [6, 6.07) is 3.50. The van der Waals surface area contributed by atoms with Gasteiger partial charge in [-0.05, 0) is 26.8 Å². The van der Waals surface area contributed by atoms with E-state index in [1.807, 2.05) is 20.8 Å². The number of hydrogen-bond donors (Lipinski definition) is 1. The predicted molar refractivity (Wildman–Crippen MR) is 61.9 cm³/mol. The molecule has 2 aromatic rings. The first-order valence-electron chi connectivity index (χ1n) is 5.11. The normalized spacial score (nSPS) is 11.7. The molecule has 0 amide bonds. The number of rotatable bonds is 2. The molecule has 84 valence electrons. The van der Waals surface area contributed by atoms with Crippen molar-refractivity contribution in [3.05, 3.63) is 24.0 Å². The SMILES string of the molecule is CC(C)(C)Oc1ccnc2cc(C=O)[nH]c12. The number of nitrogens with one attached hydrogen (secondary N) is 1. The van der Waals surface area contributed by atoms with Gasteiger partial charge in [0.2, 0.25) is 0 Å². The van der Waals surface area contributed by atoms with Crippen molar-refractivity contribution in [2.45, 2.75) is 26.4 Å². The van der Waals surface area contributed by atoms with E-state index < -0.39 is 0 Å². The highest BCUT2D eigenvalue weighted by Crippen LogP contribution is 2.26. The quantitative estimate of drug-likeness (QED) is 0.788. The smallest absolute Gasteiger partial charge is 0.166 e. The number of carbonyl (C=O) groups is 1. The average molecular weight is 218 g/mol. The van der Waals surface area contributed by atoms with Gasteiger partial charge in [0.25, 0.3) is 0 Å². The molecule has 0 saturated heterocycles. The molecule has 0 unspecified atom stereocenters. The Bertz CT molecular complexity index is 523. The van der Waals surface area contributed by atoms with Crippen LogP contribution in [0.4, 0.5) is 0 Å². The van der Waals surface area contributed by atoms with Crippen LogP contribution in [0, 0.1) is 0 Å². The van der Waals surface area contributed by atoms with Crippen molar-refractivity contribution in [1.82, 2.24) is 9.97 Å². The summed E-state index contributed by atoms with van der Waals surface area (Å²) in [6.07, 6.45) is 2.44. The van der Waals surface area contributed by atoms with Gasteiger partial charge < -0.3 is 9.72 Å². The van der Waals surface area contributed by atoms with E-state index in [0.717, 1.165) is 17.3 Å². The third-order valence-electron chi connectivity index (χ3n) is 2.05. The number of nitrogens with zero attached hydrogens (tertiary/aromatic N) is 1. The zero-order valence-electron chi connectivity index (χ0n) is 9.57. The minimum absolute atomic E-state index is 0.277. The molecular formula is C12H14N2O2. The van der Waals surface area contributed by atoms with E-state index in [4.69, 9.17) is 4.74 Å². The molecule has 1 N–H and O–H groups in total. The lowest BCUT2D eigenvalue weighted by atomic mass is 10.2. The van der Waals surface area contributed by atoms with Crippen LogP contribution in [-0.4, -0.2) is 21.9 Å². The molecule has 0 aliphatic heterocycles. The fraction of sp³-hybridized carbons (Fsp3) is 0.333. The second kappa shape index (κ2) is 3.63. The molecule has 16 heavy (non-hydrogen) atoms. The molecule has 0 aromatic carbocycles. The lowest BCUT2D eigenvalue weighted by Gasteiger charge is -2.21. The second-order valence-corrected chi connectivity index (χ2v) is 4.63. The van der Waals surface area contributed by atoms with Gasteiger partial charge in [-0.15, -0.1) is 0 Å². The van der Waals surface area contributed by atoms with Crippen LogP contribution >= 0.6 is 0 Å². The number of ether oxygens (including phenoxy) is 1. The van der Waals surface area contributed by atoms with Gasteiger partial charge in [-0.3, -0.25) is 9.78 Å². The van der Waals surface area contributed by atoms with Crippen LogP contribution in [0.5, 0.6) is 5.75 Å². The van der Waals surface area contributed by atoms with Crippen LogP contribution in [0.2, 0.25) is 0 Å². The monoisotopic (exact) mass is 218 g/mol. The van der Waals surface area contributed by atoms with Crippen molar-refractivity contribution >= 4 is 17.3 Å². The van der Waals surface area contributed by atoms with Crippen LogP contribution in [0.1, 0.15) is 31.3 Å². The fourth-order valence-electron chi connectivity index (χ4n) is 1.50. The fourth-order valence-corrected chi connectivity index (χ4v) is 1.50. The summed E-state index contributed by atoms with van der Waals surface area (Å²) in [4.78, 5) is 17.8. The van der Waals surface area contributed by atoms with Crippen LogP contribution in [0.15, 0.2) is 18.3 Å². The van der Waals surface area contributed by atoms with Crippen LogP contribution in [0.25, 0.3) is 11.0 Å². The number of H-pyrrole nitrogens is 1. The van der Waals surface area contributed by atoms with Gasteiger partial charge in [-0.2, -0.15) is 0 Å². The standard InChI is InChI=1S/C12H14N2O2/c1-12(2,3)16-10-4-5-13-9-6-8(7-15)14-11(9)10/h4-7,14H,1-3H3. The number of fused-ring (bicyclic) bond motifs is 1. The minimum Gasteiger partial charge on any atom is -0.486 e. The molecular weight excluding hydrogens is 204 g/mol. The van der Waals surface area contributed by atoms with Crippen molar-refractivity contribution in [2.75, 3.05) is 0 Å². The zero-order chi connectivity index (χ0) is 11.8. The van der Waals surface area contributed by atoms with Crippen molar-refractivity contribution < 1.29 is 9.53 Å².